The van der Waals surface area contributed by atoms with E-state index in [0.29, 0.717) is 5.54 Å². The first-order valence-electron chi connectivity index (χ1n) is 7.63. The quantitative estimate of drug-likeness (QED) is 0.716. The number of hydrogen-bond acceptors (Lipinski definition) is 3. The largest absolute Gasteiger partial charge is 0.301 e. The smallest absolute Gasteiger partial charge is 0.0683 e. The Balaban J connectivity index is 2.16. The first kappa shape index (κ1) is 16.5. The van der Waals surface area contributed by atoms with E-state index in [-0.39, 0.29) is 5.41 Å². The number of hydrogen-bond donors (Lipinski definition) is 0. The minimum atomic E-state index is -0.148. The summed E-state index contributed by atoms with van der Waals surface area (Å²) in [5, 5.41) is 8.98. The van der Waals surface area contributed by atoms with Gasteiger partial charge in [0.1, 0.15) is 0 Å². The van der Waals surface area contributed by atoms with E-state index in [1.54, 1.807) is 0 Å². The second kappa shape index (κ2) is 6.72. The van der Waals surface area contributed by atoms with Crippen molar-refractivity contribution in [3.05, 3.63) is 0 Å². The number of nitrogens with zero attached hydrogens (tertiary/aromatic N) is 3. The molecule has 0 N–H and O–H groups in total. The number of unbranched alkanes of at least 4 members (excludes halogenated alkanes) is 1. The number of rotatable bonds is 5. The molecule has 0 aromatic carbocycles. The van der Waals surface area contributed by atoms with Crippen molar-refractivity contribution in [2.24, 2.45) is 5.41 Å². The highest BCUT2D eigenvalue weighted by Crippen LogP contribution is 2.22. The maximum atomic E-state index is 8.98. The molecule has 1 saturated heterocycles. The lowest BCUT2D eigenvalue weighted by Crippen LogP contribution is -2.53. The molecule has 0 spiro atoms. The fourth-order valence-corrected chi connectivity index (χ4v) is 2.60. The van der Waals surface area contributed by atoms with Gasteiger partial charge in [-0.1, -0.05) is 6.42 Å². The van der Waals surface area contributed by atoms with Gasteiger partial charge in [-0.3, -0.25) is 4.90 Å². The van der Waals surface area contributed by atoms with Gasteiger partial charge in [-0.25, -0.2) is 0 Å². The third kappa shape index (κ3) is 5.93. The van der Waals surface area contributed by atoms with Crippen LogP contribution >= 0.6 is 0 Å². The Morgan fingerprint density at radius 2 is 1.53 bits per heavy atom. The zero-order chi connectivity index (χ0) is 14.5. The van der Waals surface area contributed by atoms with E-state index in [0.717, 1.165) is 6.42 Å². The minimum absolute atomic E-state index is 0.148. The Morgan fingerprint density at radius 1 is 0.947 bits per heavy atom. The second-order valence-corrected chi connectivity index (χ2v) is 7.45. The van der Waals surface area contributed by atoms with Gasteiger partial charge in [-0.05, 0) is 54.0 Å². The maximum Gasteiger partial charge on any atom is 0.0683 e. The number of nitriles is 1. The SMILES string of the molecule is CC(C)(C#N)CCCCN1CCN(C(C)(C)C)CC1. The lowest BCUT2D eigenvalue weighted by molar-refractivity contribution is 0.0614. The molecular formula is C16H31N3. The van der Waals surface area contributed by atoms with Gasteiger partial charge in [-0.2, -0.15) is 5.26 Å². The molecular weight excluding hydrogens is 234 g/mol. The standard InChI is InChI=1S/C16H31N3/c1-15(2,3)19-12-10-18(11-13-19)9-7-6-8-16(4,5)14-17/h6-13H2,1-5H3. The Kier molecular flexibility index (Phi) is 5.82. The van der Waals surface area contributed by atoms with E-state index in [9.17, 15) is 0 Å². The summed E-state index contributed by atoms with van der Waals surface area (Å²) in [4.78, 5) is 5.14. The van der Waals surface area contributed by atoms with Gasteiger partial charge in [0.05, 0.1) is 11.5 Å². The van der Waals surface area contributed by atoms with Gasteiger partial charge in [0.25, 0.3) is 0 Å². The van der Waals surface area contributed by atoms with Crippen molar-refractivity contribution in [1.82, 2.24) is 9.80 Å². The molecule has 0 aromatic rings. The predicted octanol–water partition coefficient (Wildman–Crippen LogP) is 3.12. The summed E-state index contributed by atoms with van der Waals surface area (Å²) in [5.41, 5.74) is 0.161. The molecule has 0 radical (unpaired) electrons. The van der Waals surface area contributed by atoms with Crippen LogP contribution in [0.3, 0.4) is 0 Å². The van der Waals surface area contributed by atoms with Crippen molar-refractivity contribution in [3.63, 3.8) is 0 Å². The van der Waals surface area contributed by atoms with E-state index in [1.165, 1.54) is 45.6 Å². The second-order valence-electron chi connectivity index (χ2n) is 7.45. The van der Waals surface area contributed by atoms with Crippen LogP contribution in [0.4, 0.5) is 0 Å². The zero-order valence-corrected chi connectivity index (χ0v) is 13.5. The van der Waals surface area contributed by atoms with Crippen LogP contribution in [-0.4, -0.2) is 48.1 Å². The van der Waals surface area contributed by atoms with Crippen molar-refractivity contribution in [2.45, 2.75) is 59.4 Å². The lowest BCUT2D eigenvalue weighted by Gasteiger charge is -2.42. The fourth-order valence-electron chi connectivity index (χ4n) is 2.60. The molecule has 1 aliphatic rings. The van der Waals surface area contributed by atoms with Crippen LogP contribution in [0.1, 0.15) is 53.9 Å². The molecule has 110 valence electrons. The van der Waals surface area contributed by atoms with Gasteiger partial charge in [-0.15, -0.1) is 0 Å². The first-order valence-corrected chi connectivity index (χ1v) is 7.63. The van der Waals surface area contributed by atoms with Crippen LogP contribution in [0.25, 0.3) is 0 Å². The fraction of sp³-hybridized carbons (Fsp3) is 0.938. The highest BCUT2D eigenvalue weighted by molar-refractivity contribution is 4.91. The number of piperazine rings is 1. The average Bonchev–Trinajstić information content (AvgIpc) is 2.34. The average molecular weight is 265 g/mol. The maximum absolute atomic E-state index is 8.98. The van der Waals surface area contributed by atoms with Gasteiger partial charge < -0.3 is 4.90 Å². The summed E-state index contributed by atoms with van der Waals surface area (Å²) in [7, 11) is 0. The van der Waals surface area contributed by atoms with E-state index < -0.39 is 0 Å². The van der Waals surface area contributed by atoms with E-state index in [2.05, 4.69) is 36.6 Å². The molecule has 1 heterocycles. The summed E-state index contributed by atoms with van der Waals surface area (Å²) in [6, 6.07) is 2.38. The Labute approximate surface area is 119 Å². The van der Waals surface area contributed by atoms with E-state index in [1.807, 2.05) is 13.8 Å². The van der Waals surface area contributed by atoms with Crippen LogP contribution < -0.4 is 0 Å². The molecule has 0 atom stereocenters. The van der Waals surface area contributed by atoms with Gasteiger partial charge in [0.15, 0.2) is 0 Å². The Hall–Kier alpha value is -0.590. The van der Waals surface area contributed by atoms with Crippen molar-refractivity contribution in [2.75, 3.05) is 32.7 Å². The Morgan fingerprint density at radius 3 is 2.00 bits per heavy atom. The van der Waals surface area contributed by atoms with Crippen molar-refractivity contribution < 1.29 is 0 Å². The molecule has 3 heteroatoms. The molecule has 3 nitrogen and oxygen atoms in total. The molecule has 0 unspecified atom stereocenters. The normalized spacial score (nSPS) is 19.4. The molecule has 0 saturated carbocycles. The van der Waals surface area contributed by atoms with Crippen LogP contribution in [0.2, 0.25) is 0 Å². The summed E-state index contributed by atoms with van der Waals surface area (Å²) in [5.74, 6) is 0. The minimum Gasteiger partial charge on any atom is -0.301 e. The predicted molar refractivity (Wildman–Crippen MR) is 81.0 cm³/mol. The summed E-state index contributed by atoms with van der Waals surface area (Å²) >= 11 is 0. The van der Waals surface area contributed by atoms with Crippen molar-refractivity contribution >= 4 is 0 Å². The highest BCUT2D eigenvalue weighted by atomic mass is 15.3. The third-order valence-corrected chi connectivity index (χ3v) is 4.15. The topological polar surface area (TPSA) is 30.3 Å². The van der Waals surface area contributed by atoms with Gasteiger partial charge in [0, 0.05) is 31.7 Å². The molecule has 1 aliphatic heterocycles. The monoisotopic (exact) mass is 265 g/mol. The van der Waals surface area contributed by atoms with Crippen molar-refractivity contribution in [3.8, 4) is 6.07 Å². The molecule has 1 fully saturated rings. The molecule has 0 aromatic heterocycles. The zero-order valence-electron chi connectivity index (χ0n) is 13.5. The summed E-state index contributed by atoms with van der Waals surface area (Å²) < 4.78 is 0. The van der Waals surface area contributed by atoms with E-state index in [4.69, 9.17) is 5.26 Å². The van der Waals surface area contributed by atoms with Crippen LogP contribution in [0.15, 0.2) is 0 Å². The molecule has 0 bridgehead atoms. The Bertz CT molecular complexity index is 301. The van der Waals surface area contributed by atoms with Crippen molar-refractivity contribution in [1.29, 1.82) is 5.26 Å². The van der Waals surface area contributed by atoms with Gasteiger partial charge >= 0.3 is 0 Å². The third-order valence-electron chi connectivity index (χ3n) is 4.15. The molecule has 0 amide bonds. The van der Waals surface area contributed by atoms with Gasteiger partial charge in [0.2, 0.25) is 0 Å². The van der Waals surface area contributed by atoms with Crippen LogP contribution in [0.5, 0.6) is 0 Å². The van der Waals surface area contributed by atoms with E-state index >= 15 is 0 Å². The molecule has 19 heavy (non-hydrogen) atoms. The summed E-state index contributed by atoms with van der Waals surface area (Å²) in [6.07, 6.45) is 3.41. The van der Waals surface area contributed by atoms with Crippen LogP contribution in [-0.2, 0) is 0 Å². The lowest BCUT2D eigenvalue weighted by atomic mass is 9.89. The molecule has 1 rings (SSSR count). The highest BCUT2D eigenvalue weighted by Gasteiger charge is 2.25. The van der Waals surface area contributed by atoms with Crippen LogP contribution in [0, 0.1) is 16.7 Å². The molecule has 0 aliphatic carbocycles. The summed E-state index contributed by atoms with van der Waals surface area (Å²) in [6.45, 7) is 16.9. The first-order chi connectivity index (χ1) is 8.74.